The summed E-state index contributed by atoms with van der Waals surface area (Å²) in [6.07, 6.45) is 1.76. The number of nitriles is 1. The molecule has 0 unspecified atom stereocenters. The number of hydrogen-bond donors (Lipinski definition) is 1. The van der Waals surface area contributed by atoms with Crippen molar-refractivity contribution in [1.29, 1.82) is 5.26 Å². The fourth-order valence-electron chi connectivity index (χ4n) is 1.59. The first kappa shape index (κ1) is 8.83. The normalized spacial score (nSPS) is 10.7. The minimum absolute atomic E-state index is 0.501. The van der Waals surface area contributed by atoms with Crippen molar-refractivity contribution in [2.75, 3.05) is 0 Å². The zero-order chi connectivity index (χ0) is 10.1. The molecule has 0 aliphatic heterocycles. The molecule has 0 saturated heterocycles. The molecule has 2 nitrogen and oxygen atoms in total. The van der Waals surface area contributed by atoms with Crippen LogP contribution in [0.1, 0.15) is 30.9 Å². The third-order valence-corrected chi connectivity index (χ3v) is 2.49. The van der Waals surface area contributed by atoms with Gasteiger partial charge in [-0.15, -0.1) is 0 Å². The van der Waals surface area contributed by atoms with Crippen molar-refractivity contribution in [3.8, 4) is 6.07 Å². The highest BCUT2D eigenvalue weighted by molar-refractivity contribution is 5.86. The van der Waals surface area contributed by atoms with Gasteiger partial charge in [0.1, 0.15) is 6.07 Å². The van der Waals surface area contributed by atoms with Gasteiger partial charge in [-0.3, -0.25) is 0 Å². The molecule has 0 amide bonds. The highest BCUT2D eigenvalue weighted by Crippen LogP contribution is 2.23. The first-order chi connectivity index (χ1) is 6.72. The van der Waals surface area contributed by atoms with Gasteiger partial charge in [0.05, 0.1) is 5.56 Å². The van der Waals surface area contributed by atoms with Gasteiger partial charge in [-0.05, 0) is 23.6 Å². The van der Waals surface area contributed by atoms with Crippen LogP contribution in [0.2, 0.25) is 0 Å². The molecule has 0 fully saturated rings. The van der Waals surface area contributed by atoms with Crippen molar-refractivity contribution in [2.45, 2.75) is 19.8 Å². The summed E-state index contributed by atoms with van der Waals surface area (Å²) in [5.74, 6) is 0.501. The summed E-state index contributed by atoms with van der Waals surface area (Å²) in [5, 5.41) is 9.91. The van der Waals surface area contributed by atoms with E-state index in [4.69, 9.17) is 5.26 Å². The Morgan fingerprint density at radius 2 is 2.14 bits per heavy atom. The van der Waals surface area contributed by atoms with Crippen LogP contribution in [0.25, 0.3) is 10.9 Å². The molecule has 1 heterocycles. The van der Waals surface area contributed by atoms with Crippen LogP contribution >= 0.6 is 0 Å². The molecule has 70 valence electrons. The van der Waals surface area contributed by atoms with E-state index in [2.05, 4.69) is 37.0 Å². The van der Waals surface area contributed by atoms with E-state index in [1.807, 2.05) is 6.07 Å². The van der Waals surface area contributed by atoms with Crippen LogP contribution in [-0.4, -0.2) is 4.98 Å². The van der Waals surface area contributed by atoms with Gasteiger partial charge >= 0.3 is 0 Å². The maximum absolute atomic E-state index is 8.88. The largest absolute Gasteiger partial charge is 0.360 e. The maximum Gasteiger partial charge on any atom is 0.101 e. The molecule has 0 bridgehead atoms. The molecule has 1 N–H and O–H groups in total. The summed E-state index contributed by atoms with van der Waals surface area (Å²) in [7, 11) is 0. The third-order valence-electron chi connectivity index (χ3n) is 2.49. The molecule has 0 atom stereocenters. The van der Waals surface area contributed by atoms with Gasteiger partial charge in [-0.1, -0.05) is 19.9 Å². The molecular formula is C12H12N2. The van der Waals surface area contributed by atoms with E-state index < -0.39 is 0 Å². The number of nitrogens with one attached hydrogen (secondary N) is 1. The fraction of sp³-hybridized carbons (Fsp3) is 0.250. The van der Waals surface area contributed by atoms with Crippen molar-refractivity contribution >= 4 is 10.9 Å². The number of hydrogen-bond acceptors (Lipinski definition) is 1. The molecule has 0 spiro atoms. The molecule has 2 heteroatoms. The number of aromatic amines is 1. The Morgan fingerprint density at radius 1 is 1.36 bits per heavy atom. The molecule has 0 aliphatic carbocycles. The summed E-state index contributed by atoms with van der Waals surface area (Å²) in [6.45, 7) is 4.31. The molecule has 2 aromatic rings. The summed E-state index contributed by atoms with van der Waals surface area (Å²) in [6, 6.07) is 8.41. The predicted molar refractivity (Wildman–Crippen MR) is 57.1 cm³/mol. The van der Waals surface area contributed by atoms with E-state index in [0.717, 1.165) is 16.5 Å². The Morgan fingerprint density at radius 3 is 2.79 bits per heavy atom. The van der Waals surface area contributed by atoms with Crippen LogP contribution in [0.5, 0.6) is 0 Å². The second-order valence-corrected chi connectivity index (χ2v) is 3.77. The van der Waals surface area contributed by atoms with E-state index in [9.17, 15) is 0 Å². The second-order valence-electron chi connectivity index (χ2n) is 3.77. The van der Waals surface area contributed by atoms with Crippen LogP contribution < -0.4 is 0 Å². The standard InChI is InChI=1S/C12H12N2/c1-8(2)9-3-4-12-11(5-9)10(6-13)7-14-12/h3-5,7-8,14H,1-2H3. The van der Waals surface area contributed by atoms with E-state index in [0.29, 0.717) is 5.92 Å². The summed E-state index contributed by atoms with van der Waals surface area (Å²) >= 11 is 0. The monoisotopic (exact) mass is 184 g/mol. The highest BCUT2D eigenvalue weighted by atomic mass is 14.7. The molecule has 0 radical (unpaired) electrons. The average Bonchev–Trinajstić information content (AvgIpc) is 2.59. The number of fused-ring (bicyclic) bond motifs is 1. The van der Waals surface area contributed by atoms with E-state index in [1.165, 1.54) is 5.56 Å². The van der Waals surface area contributed by atoms with Crippen LogP contribution in [0, 0.1) is 11.3 Å². The average molecular weight is 184 g/mol. The zero-order valence-electron chi connectivity index (χ0n) is 8.33. The molecule has 0 saturated carbocycles. The van der Waals surface area contributed by atoms with Gasteiger partial charge in [-0.2, -0.15) is 5.26 Å². The second kappa shape index (κ2) is 3.19. The van der Waals surface area contributed by atoms with Crippen molar-refractivity contribution in [1.82, 2.24) is 4.98 Å². The lowest BCUT2D eigenvalue weighted by atomic mass is 10.0. The maximum atomic E-state index is 8.88. The van der Waals surface area contributed by atoms with E-state index in [-0.39, 0.29) is 0 Å². The number of aromatic nitrogens is 1. The minimum Gasteiger partial charge on any atom is -0.360 e. The quantitative estimate of drug-likeness (QED) is 0.726. The number of rotatable bonds is 1. The molecule has 1 aromatic carbocycles. The number of benzene rings is 1. The topological polar surface area (TPSA) is 39.6 Å². The van der Waals surface area contributed by atoms with Gasteiger partial charge in [0.15, 0.2) is 0 Å². The smallest absolute Gasteiger partial charge is 0.101 e. The molecule has 1 aromatic heterocycles. The number of H-pyrrole nitrogens is 1. The van der Waals surface area contributed by atoms with Crippen LogP contribution in [0.15, 0.2) is 24.4 Å². The number of nitrogens with zero attached hydrogens (tertiary/aromatic N) is 1. The van der Waals surface area contributed by atoms with E-state index >= 15 is 0 Å². The Kier molecular flexibility index (Phi) is 2.01. The van der Waals surface area contributed by atoms with Gasteiger partial charge in [0, 0.05) is 17.1 Å². The van der Waals surface area contributed by atoms with Crippen LogP contribution in [0.3, 0.4) is 0 Å². The Labute approximate surface area is 83.2 Å². The summed E-state index contributed by atoms with van der Waals surface area (Å²) in [4.78, 5) is 3.08. The molecule has 2 rings (SSSR count). The van der Waals surface area contributed by atoms with Gasteiger partial charge in [-0.25, -0.2) is 0 Å². The Balaban J connectivity index is 2.69. The predicted octanol–water partition coefficient (Wildman–Crippen LogP) is 3.16. The Hall–Kier alpha value is -1.75. The highest BCUT2D eigenvalue weighted by Gasteiger charge is 2.05. The van der Waals surface area contributed by atoms with Gasteiger partial charge in [0.25, 0.3) is 0 Å². The first-order valence-corrected chi connectivity index (χ1v) is 4.73. The molecule has 0 aliphatic rings. The lowest BCUT2D eigenvalue weighted by molar-refractivity contribution is 0.869. The first-order valence-electron chi connectivity index (χ1n) is 4.73. The van der Waals surface area contributed by atoms with Crippen LogP contribution in [0.4, 0.5) is 0 Å². The van der Waals surface area contributed by atoms with Gasteiger partial charge in [0.2, 0.25) is 0 Å². The zero-order valence-corrected chi connectivity index (χ0v) is 8.33. The summed E-state index contributed by atoms with van der Waals surface area (Å²) in [5.41, 5.74) is 3.03. The van der Waals surface area contributed by atoms with Crippen LogP contribution in [-0.2, 0) is 0 Å². The van der Waals surface area contributed by atoms with Crippen molar-refractivity contribution in [3.63, 3.8) is 0 Å². The van der Waals surface area contributed by atoms with E-state index in [1.54, 1.807) is 6.20 Å². The SMILES string of the molecule is CC(C)c1ccc2[nH]cc(C#N)c2c1. The minimum atomic E-state index is 0.501. The van der Waals surface area contributed by atoms with Crippen molar-refractivity contribution < 1.29 is 0 Å². The van der Waals surface area contributed by atoms with Crippen molar-refractivity contribution in [2.24, 2.45) is 0 Å². The fourth-order valence-corrected chi connectivity index (χ4v) is 1.59. The molecule has 14 heavy (non-hydrogen) atoms. The van der Waals surface area contributed by atoms with Gasteiger partial charge < -0.3 is 4.98 Å². The third kappa shape index (κ3) is 1.27. The van der Waals surface area contributed by atoms with Crippen molar-refractivity contribution in [3.05, 3.63) is 35.5 Å². The summed E-state index contributed by atoms with van der Waals surface area (Å²) < 4.78 is 0. The lowest BCUT2D eigenvalue weighted by Crippen LogP contribution is -1.86. The molecular weight excluding hydrogens is 172 g/mol. The Bertz CT molecular complexity index is 501. The lowest BCUT2D eigenvalue weighted by Gasteiger charge is -2.04.